The van der Waals surface area contributed by atoms with Crippen molar-refractivity contribution < 1.29 is 19.1 Å². The minimum atomic E-state index is -0.715. The Morgan fingerprint density at radius 1 is 1.10 bits per heavy atom. The highest BCUT2D eigenvalue weighted by molar-refractivity contribution is 6.31. The van der Waals surface area contributed by atoms with E-state index in [1.54, 1.807) is 30.1 Å². The Balaban J connectivity index is 2.18. The maximum atomic E-state index is 13.4. The summed E-state index contributed by atoms with van der Waals surface area (Å²) in [4.78, 5) is 41.2. The van der Waals surface area contributed by atoms with Crippen molar-refractivity contribution in [2.24, 2.45) is 0 Å². The number of ether oxygens (including phenoxy) is 1. The maximum Gasteiger partial charge on any atom is 0.305 e. The first kappa shape index (κ1) is 24.2. The molecule has 0 radical (unpaired) electrons. The van der Waals surface area contributed by atoms with Gasteiger partial charge in [-0.15, -0.1) is 0 Å². The summed E-state index contributed by atoms with van der Waals surface area (Å²) < 4.78 is 4.71. The molecule has 0 unspecified atom stereocenters. The molecule has 0 aromatic heterocycles. The van der Waals surface area contributed by atoms with E-state index in [2.05, 4.69) is 6.92 Å². The molecule has 0 saturated heterocycles. The minimum absolute atomic E-state index is 0.0763. The molecule has 1 heterocycles. The van der Waals surface area contributed by atoms with E-state index in [-0.39, 0.29) is 24.7 Å². The van der Waals surface area contributed by atoms with Gasteiger partial charge in [0.05, 0.1) is 18.4 Å². The van der Waals surface area contributed by atoms with Crippen LogP contribution in [-0.2, 0) is 14.3 Å². The van der Waals surface area contributed by atoms with Gasteiger partial charge in [-0.1, -0.05) is 57.0 Å². The summed E-state index contributed by atoms with van der Waals surface area (Å²) in [5, 5.41) is 0.481. The smallest absolute Gasteiger partial charge is 0.305 e. The molecule has 1 atom stereocenters. The van der Waals surface area contributed by atoms with E-state index in [4.69, 9.17) is 16.3 Å². The van der Waals surface area contributed by atoms with Crippen molar-refractivity contribution in [1.29, 1.82) is 0 Å². The number of nitrogens with zero attached hydrogens (tertiary/aromatic N) is 2. The van der Waals surface area contributed by atoms with Crippen LogP contribution in [-0.4, -0.2) is 49.4 Å². The van der Waals surface area contributed by atoms with Crippen LogP contribution in [0.3, 0.4) is 0 Å². The number of halogens is 1. The molecule has 1 aliphatic heterocycles. The number of benzene rings is 1. The van der Waals surface area contributed by atoms with Crippen molar-refractivity contribution in [2.75, 3.05) is 25.6 Å². The third kappa shape index (κ3) is 6.21. The predicted octanol–water partition coefficient (Wildman–Crippen LogP) is 4.83. The van der Waals surface area contributed by atoms with E-state index in [9.17, 15) is 14.4 Å². The second-order valence-electron chi connectivity index (χ2n) is 7.82. The van der Waals surface area contributed by atoms with Gasteiger partial charge in [-0.3, -0.25) is 14.4 Å². The van der Waals surface area contributed by atoms with E-state index < -0.39 is 12.0 Å². The normalized spacial score (nSPS) is 16.5. The van der Waals surface area contributed by atoms with Gasteiger partial charge < -0.3 is 14.5 Å². The van der Waals surface area contributed by atoms with Gasteiger partial charge in [-0.25, -0.2) is 0 Å². The first-order valence-electron chi connectivity index (χ1n) is 10.9. The monoisotopic (exact) mass is 436 g/mol. The lowest BCUT2D eigenvalue weighted by Gasteiger charge is -2.28. The van der Waals surface area contributed by atoms with Crippen LogP contribution in [0.25, 0.3) is 0 Å². The molecule has 30 heavy (non-hydrogen) atoms. The molecule has 7 heteroatoms. The van der Waals surface area contributed by atoms with Crippen LogP contribution < -0.4 is 4.90 Å². The Morgan fingerprint density at radius 2 is 1.77 bits per heavy atom. The van der Waals surface area contributed by atoms with E-state index in [1.165, 1.54) is 37.7 Å². The van der Waals surface area contributed by atoms with Crippen molar-refractivity contribution in [2.45, 2.75) is 70.8 Å². The predicted molar refractivity (Wildman–Crippen MR) is 119 cm³/mol. The van der Waals surface area contributed by atoms with Gasteiger partial charge in [0.2, 0.25) is 5.91 Å². The lowest BCUT2D eigenvalue weighted by atomic mass is 10.1. The highest BCUT2D eigenvalue weighted by Gasteiger charge is 2.37. The Labute approximate surface area is 184 Å². The van der Waals surface area contributed by atoms with Gasteiger partial charge in [0.1, 0.15) is 6.04 Å². The molecule has 0 fully saturated rings. The zero-order chi connectivity index (χ0) is 22.1. The van der Waals surface area contributed by atoms with Gasteiger partial charge in [-0.2, -0.15) is 0 Å². The zero-order valence-electron chi connectivity index (χ0n) is 18.3. The van der Waals surface area contributed by atoms with Crippen LogP contribution >= 0.6 is 11.6 Å². The highest BCUT2D eigenvalue weighted by atomic mass is 35.5. The van der Waals surface area contributed by atoms with Crippen molar-refractivity contribution in [3.8, 4) is 0 Å². The molecule has 166 valence electrons. The van der Waals surface area contributed by atoms with Crippen molar-refractivity contribution in [1.82, 2.24) is 4.90 Å². The number of rotatable bonds is 11. The molecule has 6 nitrogen and oxygen atoms in total. The van der Waals surface area contributed by atoms with Crippen LogP contribution in [0.1, 0.15) is 75.1 Å². The number of hydrogen-bond acceptors (Lipinski definition) is 4. The molecule has 0 bridgehead atoms. The Hall–Kier alpha value is -2.08. The summed E-state index contributed by atoms with van der Waals surface area (Å²) >= 11 is 6.19. The van der Waals surface area contributed by atoms with Crippen LogP contribution in [0.5, 0.6) is 0 Å². The summed E-state index contributed by atoms with van der Waals surface area (Å²) in [6.07, 6.45) is 8.23. The highest BCUT2D eigenvalue weighted by Crippen LogP contribution is 2.31. The topological polar surface area (TPSA) is 66.9 Å². The summed E-state index contributed by atoms with van der Waals surface area (Å²) in [5.74, 6) is -0.819. The minimum Gasteiger partial charge on any atom is -0.469 e. The number of fused-ring (bicyclic) bond motifs is 1. The number of amides is 2. The molecule has 1 aromatic rings. The Kier molecular flexibility index (Phi) is 9.63. The summed E-state index contributed by atoms with van der Waals surface area (Å²) in [7, 11) is 2.93. The van der Waals surface area contributed by atoms with Crippen molar-refractivity contribution >= 4 is 35.1 Å². The molecular formula is C23H33ClN2O4. The molecule has 0 aliphatic carbocycles. The average Bonchev–Trinajstić information content (AvgIpc) is 2.80. The van der Waals surface area contributed by atoms with Crippen molar-refractivity contribution in [3.05, 3.63) is 28.8 Å². The van der Waals surface area contributed by atoms with Crippen LogP contribution in [0.2, 0.25) is 5.02 Å². The molecule has 0 spiro atoms. The fourth-order valence-electron chi connectivity index (χ4n) is 3.84. The first-order valence-corrected chi connectivity index (χ1v) is 11.2. The SMILES string of the molecule is CCCCCCCCCN1C(=O)[C@@H](CCC(=O)OC)N(C)C(=O)c2ccc(Cl)cc21. The first-order chi connectivity index (χ1) is 14.4. The standard InChI is InChI=1S/C23H33ClN2O4/c1-4-5-6-7-8-9-10-15-26-20-16-17(24)11-12-18(20)22(28)25(2)19(23(26)29)13-14-21(27)30-3/h11-12,16,19H,4-10,13-15H2,1-3H3/t19-/m1/s1. The molecule has 0 N–H and O–H groups in total. The lowest BCUT2D eigenvalue weighted by Crippen LogP contribution is -2.47. The van der Waals surface area contributed by atoms with E-state index in [0.717, 1.165) is 19.3 Å². The zero-order valence-corrected chi connectivity index (χ0v) is 19.0. The number of anilines is 1. The van der Waals surface area contributed by atoms with Gasteiger partial charge in [0, 0.05) is 25.0 Å². The molecule has 2 amide bonds. The van der Waals surface area contributed by atoms with Gasteiger partial charge in [0.25, 0.3) is 5.91 Å². The molecular weight excluding hydrogens is 404 g/mol. The molecule has 0 saturated carbocycles. The number of hydrogen-bond donors (Lipinski definition) is 0. The van der Waals surface area contributed by atoms with Gasteiger partial charge >= 0.3 is 5.97 Å². The quantitative estimate of drug-likeness (QED) is 0.368. The fraction of sp³-hybridized carbons (Fsp3) is 0.609. The summed E-state index contributed by atoms with van der Waals surface area (Å²) in [6.45, 7) is 2.72. The second-order valence-corrected chi connectivity index (χ2v) is 8.26. The lowest BCUT2D eigenvalue weighted by molar-refractivity contribution is -0.141. The van der Waals surface area contributed by atoms with Gasteiger partial charge in [0.15, 0.2) is 0 Å². The number of unbranched alkanes of at least 4 members (excludes halogenated alkanes) is 6. The number of likely N-dealkylation sites (N-methyl/N-ethyl adjacent to an activating group) is 1. The number of esters is 1. The van der Waals surface area contributed by atoms with Crippen LogP contribution in [0, 0.1) is 0 Å². The van der Waals surface area contributed by atoms with Crippen LogP contribution in [0.4, 0.5) is 5.69 Å². The number of carbonyl (C=O) groups excluding carboxylic acids is 3. The van der Waals surface area contributed by atoms with Gasteiger partial charge in [-0.05, 0) is 31.0 Å². The molecule has 2 rings (SSSR count). The average molecular weight is 437 g/mol. The Bertz CT molecular complexity index is 753. The van der Waals surface area contributed by atoms with Crippen molar-refractivity contribution in [3.63, 3.8) is 0 Å². The second kappa shape index (κ2) is 11.9. The van der Waals surface area contributed by atoms with Crippen LogP contribution in [0.15, 0.2) is 18.2 Å². The Morgan fingerprint density at radius 3 is 2.43 bits per heavy atom. The number of carbonyl (C=O) groups is 3. The third-order valence-electron chi connectivity index (χ3n) is 5.65. The summed E-state index contributed by atoms with van der Waals surface area (Å²) in [6, 6.07) is 4.30. The van der Waals surface area contributed by atoms with E-state index in [0.29, 0.717) is 22.8 Å². The van der Waals surface area contributed by atoms with E-state index in [1.807, 2.05) is 0 Å². The molecule has 1 aliphatic rings. The largest absolute Gasteiger partial charge is 0.469 e. The number of methoxy groups -OCH3 is 1. The fourth-order valence-corrected chi connectivity index (χ4v) is 4.00. The molecule has 1 aromatic carbocycles. The third-order valence-corrected chi connectivity index (χ3v) is 5.89. The maximum absolute atomic E-state index is 13.4. The summed E-state index contributed by atoms with van der Waals surface area (Å²) in [5.41, 5.74) is 1.01. The van der Waals surface area contributed by atoms with E-state index >= 15 is 0 Å².